The van der Waals surface area contributed by atoms with Gasteiger partial charge in [-0.2, -0.15) is 0 Å². The third-order valence-electron chi connectivity index (χ3n) is 3.18. The number of hydrogen-bond donors (Lipinski definition) is 1. The summed E-state index contributed by atoms with van der Waals surface area (Å²) in [4.78, 5) is 33.2. The number of hydrogen-bond acceptors (Lipinski definition) is 6. The van der Waals surface area contributed by atoms with Crippen molar-refractivity contribution in [3.63, 3.8) is 0 Å². The first-order valence-corrected chi connectivity index (χ1v) is 9.73. The molecule has 1 rings (SSSR count). The van der Waals surface area contributed by atoms with Crippen LogP contribution in [0.3, 0.4) is 0 Å². The standard InChI is InChI=1S/C21H25BrO5.CH3NO/c1-6-8-15(7-2)13-25-20(24)18(27-21(3,4)5)14-26-19(23)16-9-11-17(22)12-10-16;2-1-3/h6-12,18H,1-2,13-14H2,3-5H3;1H,(H2,2,3)/b15-8+;. The van der Waals surface area contributed by atoms with E-state index in [-0.39, 0.29) is 19.6 Å². The van der Waals surface area contributed by atoms with E-state index in [4.69, 9.17) is 19.0 Å². The predicted molar refractivity (Wildman–Crippen MR) is 119 cm³/mol. The Labute approximate surface area is 185 Å². The Morgan fingerprint density at radius 2 is 1.73 bits per heavy atom. The van der Waals surface area contributed by atoms with E-state index in [1.54, 1.807) is 63.3 Å². The van der Waals surface area contributed by atoms with Gasteiger partial charge in [-0.3, -0.25) is 4.79 Å². The first-order valence-electron chi connectivity index (χ1n) is 8.94. The summed E-state index contributed by atoms with van der Waals surface area (Å²) < 4.78 is 17.1. The molecule has 0 radical (unpaired) electrons. The van der Waals surface area contributed by atoms with Crippen LogP contribution in [0.25, 0.3) is 0 Å². The highest BCUT2D eigenvalue weighted by Gasteiger charge is 2.28. The highest BCUT2D eigenvalue weighted by Crippen LogP contribution is 2.15. The number of carbonyl (C=O) groups excluding carboxylic acids is 3. The minimum Gasteiger partial charge on any atom is -0.459 e. The van der Waals surface area contributed by atoms with Crippen molar-refractivity contribution in [2.24, 2.45) is 5.73 Å². The Morgan fingerprint density at radius 1 is 1.17 bits per heavy atom. The Morgan fingerprint density at radius 3 is 2.20 bits per heavy atom. The summed E-state index contributed by atoms with van der Waals surface area (Å²) in [6.07, 6.45) is 4.04. The van der Waals surface area contributed by atoms with Crippen LogP contribution in [0.5, 0.6) is 0 Å². The van der Waals surface area contributed by atoms with E-state index in [2.05, 4.69) is 34.8 Å². The number of rotatable bonds is 9. The van der Waals surface area contributed by atoms with Gasteiger partial charge in [-0.1, -0.05) is 47.3 Å². The second-order valence-corrected chi connectivity index (χ2v) is 7.67. The molecule has 0 aliphatic rings. The lowest BCUT2D eigenvalue weighted by molar-refractivity contribution is -0.169. The van der Waals surface area contributed by atoms with Crippen LogP contribution < -0.4 is 5.73 Å². The van der Waals surface area contributed by atoms with Crippen molar-refractivity contribution in [1.82, 2.24) is 0 Å². The fourth-order valence-electron chi connectivity index (χ4n) is 1.97. The maximum Gasteiger partial charge on any atom is 0.339 e. The van der Waals surface area contributed by atoms with E-state index in [1.165, 1.54) is 0 Å². The Bertz CT molecular complexity index is 750. The molecule has 1 unspecified atom stereocenters. The quantitative estimate of drug-likeness (QED) is 0.327. The van der Waals surface area contributed by atoms with E-state index >= 15 is 0 Å². The van der Waals surface area contributed by atoms with Crippen molar-refractivity contribution in [2.45, 2.75) is 32.5 Å². The first kappa shape index (κ1) is 27.3. The summed E-state index contributed by atoms with van der Waals surface area (Å²) in [6, 6.07) is 6.72. The van der Waals surface area contributed by atoms with Crippen LogP contribution in [-0.4, -0.2) is 43.3 Å². The van der Waals surface area contributed by atoms with Crippen LogP contribution in [0.4, 0.5) is 0 Å². The Hall–Kier alpha value is -2.71. The molecular weight excluding hydrogens is 454 g/mol. The molecule has 0 aliphatic heterocycles. The molecule has 1 amide bonds. The lowest BCUT2D eigenvalue weighted by Crippen LogP contribution is -2.38. The molecule has 30 heavy (non-hydrogen) atoms. The van der Waals surface area contributed by atoms with Crippen LogP contribution in [0.2, 0.25) is 0 Å². The fraction of sp³-hybridized carbons (Fsp3) is 0.318. The van der Waals surface area contributed by atoms with Crippen molar-refractivity contribution in [1.29, 1.82) is 0 Å². The molecule has 0 fully saturated rings. The third kappa shape index (κ3) is 12.0. The fourth-order valence-corrected chi connectivity index (χ4v) is 2.24. The minimum atomic E-state index is -1.04. The molecular formula is C22H28BrNO6. The highest BCUT2D eigenvalue weighted by atomic mass is 79.9. The van der Waals surface area contributed by atoms with Crippen molar-refractivity contribution in [3.05, 3.63) is 71.3 Å². The number of nitrogens with two attached hydrogens (primary N) is 1. The highest BCUT2D eigenvalue weighted by molar-refractivity contribution is 9.10. The van der Waals surface area contributed by atoms with Crippen LogP contribution in [0.1, 0.15) is 31.1 Å². The molecule has 7 nitrogen and oxygen atoms in total. The Balaban J connectivity index is 0.00000263. The van der Waals surface area contributed by atoms with E-state index in [0.29, 0.717) is 11.1 Å². The second-order valence-electron chi connectivity index (χ2n) is 6.75. The van der Waals surface area contributed by atoms with E-state index in [0.717, 1.165) is 4.47 Å². The molecule has 0 saturated heterocycles. The number of benzene rings is 1. The van der Waals surface area contributed by atoms with Gasteiger partial charge in [0.1, 0.15) is 13.2 Å². The smallest absolute Gasteiger partial charge is 0.339 e. The molecule has 0 bridgehead atoms. The van der Waals surface area contributed by atoms with Gasteiger partial charge in [0.2, 0.25) is 6.41 Å². The van der Waals surface area contributed by atoms with Crippen LogP contribution in [0, 0.1) is 0 Å². The molecule has 0 spiro atoms. The van der Waals surface area contributed by atoms with Crippen LogP contribution in [0.15, 0.2) is 65.7 Å². The number of esters is 2. The average molecular weight is 482 g/mol. The van der Waals surface area contributed by atoms with Gasteiger partial charge in [-0.25, -0.2) is 9.59 Å². The molecule has 164 valence electrons. The van der Waals surface area contributed by atoms with Gasteiger partial charge in [-0.15, -0.1) is 0 Å². The molecule has 0 heterocycles. The number of allylic oxidation sites excluding steroid dienone is 2. The lowest BCUT2D eigenvalue weighted by Gasteiger charge is -2.26. The molecule has 1 atom stereocenters. The molecule has 1 aromatic rings. The minimum absolute atomic E-state index is 0.0268. The molecule has 0 saturated carbocycles. The summed E-state index contributed by atoms with van der Waals surface area (Å²) in [6.45, 7) is 12.4. The van der Waals surface area contributed by atoms with E-state index in [9.17, 15) is 9.59 Å². The topological polar surface area (TPSA) is 105 Å². The number of ether oxygens (including phenoxy) is 3. The van der Waals surface area contributed by atoms with Crippen LogP contribution >= 0.6 is 15.9 Å². The van der Waals surface area contributed by atoms with E-state index in [1.807, 2.05) is 0 Å². The van der Waals surface area contributed by atoms with E-state index < -0.39 is 23.6 Å². The molecule has 0 aromatic heterocycles. The van der Waals surface area contributed by atoms with Crippen molar-refractivity contribution >= 4 is 34.3 Å². The number of carbonyl (C=O) groups is 3. The molecule has 8 heteroatoms. The summed E-state index contributed by atoms with van der Waals surface area (Å²) in [7, 11) is 0. The zero-order chi connectivity index (χ0) is 23.2. The second kappa shape index (κ2) is 14.3. The van der Waals surface area contributed by atoms with Gasteiger partial charge >= 0.3 is 11.9 Å². The van der Waals surface area contributed by atoms with Crippen LogP contribution in [-0.2, 0) is 23.8 Å². The maximum absolute atomic E-state index is 12.4. The summed E-state index contributed by atoms with van der Waals surface area (Å²) in [5.74, 6) is -1.17. The Kier molecular flexibility index (Phi) is 13.0. The maximum atomic E-state index is 12.4. The van der Waals surface area contributed by atoms with Gasteiger partial charge in [0.05, 0.1) is 11.2 Å². The summed E-state index contributed by atoms with van der Waals surface area (Å²) in [5.41, 5.74) is 4.62. The lowest BCUT2D eigenvalue weighted by atomic mass is 10.2. The monoisotopic (exact) mass is 481 g/mol. The number of amides is 1. The van der Waals surface area contributed by atoms with Gasteiger partial charge in [0.15, 0.2) is 6.10 Å². The van der Waals surface area contributed by atoms with Crippen molar-refractivity contribution in [3.8, 4) is 0 Å². The SMILES string of the molecule is C=C/C=C(\C=C)COC(=O)C(COC(=O)c1ccc(Br)cc1)OC(C)(C)C.NC=O. The summed E-state index contributed by atoms with van der Waals surface area (Å²) >= 11 is 3.30. The van der Waals surface area contributed by atoms with Gasteiger partial charge < -0.3 is 19.9 Å². The normalized spacial score (nSPS) is 11.9. The summed E-state index contributed by atoms with van der Waals surface area (Å²) in [5, 5.41) is 0. The van der Waals surface area contributed by atoms with Crippen molar-refractivity contribution < 1.29 is 28.6 Å². The number of halogens is 1. The largest absolute Gasteiger partial charge is 0.459 e. The predicted octanol–water partition coefficient (Wildman–Crippen LogP) is 3.73. The third-order valence-corrected chi connectivity index (χ3v) is 3.71. The molecule has 0 aliphatic carbocycles. The van der Waals surface area contributed by atoms with Gasteiger partial charge in [-0.05, 0) is 50.6 Å². The zero-order valence-corrected chi connectivity index (χ0v) is 19.0. The first-order chi connectivity index (χ1) is 14.1. The van der Waals surface area contributed by atoms with Crippen molar-refractivity contribution in [2.75, 3.05) is 13.2 Å². The zero-order valence-electron chi connectivity index (χ0n) is 17.4. The molecule has 1 aromatic carbocycles. The van der Waals surface area contributed by atoms with Gasteiger partial charge in [0, 0.05) is 4.47 Å². The molecule has 2 N–H and O–H groups in total. The number of primary amides is 1. The average Bonchev–Trinajstić information content (AvgIpc) is 2.68. The van der Waals surface area contributed by atoms with Gasteiger partial charge in [0.25, 0.3) is 0 Å².